The Morgan fingerprint density at radius 2 is 1.89 bits per heavy atom. The van der Waals surface area contributed by atoms with E-state index in [0.29, 0.717) is 11.1 Å². The Morgan fingerprint density at radius 3 is 2.46 bits per heavy atom. The van der Waals surface area contributed by atoms with Crippen LogP contribution in [-0.4, -0.2) is 76.2 Å². The minimum atomic E-state index is -1.54. The van der Waals surface area contributed by atoms with Gasteiger partial charge in [-0.15, -0.1) is 0 Å². The van der Waals surface area contributed by atoms with Crippen molar-refractivity contribution in [2.24, 2.45) is 0 Å². The molecule has 1 aromatic rings. The molecule has 0 radical (unpaired) electrons. The fraction of sp³-hybridized carbons (Fsp3) is 0.550. The summed E-state index contributed by atoms with van der Waals surface area (Å²) in [5, 5.41) is 39.3. The molecule has 1 aliphatic rings. The van der Waals surface area contributed by atoms with Crippen molar-refractivity contribution >= 4 is 11.9 Å². The molecule has 1 heterocycles. The molecule has 2 rings (SSSR count). The Labute approximate surface area is 164 Å². The Balaban J connectivity index is 2.34. The minimum Gasteiger partial charge on any atom is -0.461 e. The maximum Gasteiger partial charge on any atom is 0.229 e. The molecule has 28 heavy (non-hydrogen) atoms. The molecule has 1 aliphatic heterocycles. The van der Waals surface area contributed by atoms with Crippen LogP contribution in [0.5, 0.6) is 5.75 Å². The molecule has 0 aliphatic carbocycles. The Hall–Kier alpha value is -1.81. The summed E-state index contributed by atoms with van der Waals surface area (Å²) < 4.78 is 16.5. The van der Waals surface area contributed by atoms with Crippen molar-refractivity contribution in [3.63, 3.8) is 0 Å². The third-order valence-electron chi connectivity index (χ3n) is 4.70. The number of ketones is 1. The summed E-state index contributed by atoms with van der Waals surface area (Å²) in [5.74, 6) is 0.164. The lowest BCUT2D eigenvalue weighted by Gasteiger charge is -2.39. The van der Waals surface area contributed by atoms with Crippen LogP contribution in [0.2, 0.25) is 0 Å². The second-order valence-electron chi connectivity index (χ2n) is 7.26. The lowest BCUT2D eigenvalue weighted by molar-refractivity contribution is -0.277. The highest BCUT2D eigenvalue weighted by Gasteiger charge is 2.44. The number of carbonyl (C=O) groups is 1. The first-order chi connectivity index (χ1) is 13.1. The highest BCUT2D eigenvalue weighted by Crippen LogP contribution is 2.29. The average molecular weight is 396 g/mol. The summed E-state index contributed by atoms with van der Waals surface area (Å²) in [4.78, 5) is 11.7. The van der Waals surface area contributed by atoms with Gasteiger partial charge in [-0.25, -0.2) is 0 Å². The van der Waals surface area contributed by atoms with E-state index >= 15 is 0 Å². The molecule has 0 spiro atoms. The quantitative estimate of drug-likeness (QED) is 0.491. The van der Waals surface area contributed by atoms with E-state index in [1.54, 1.807) is 37.5 Å². The number of hydrogen-bond donors (Lipinski definition) is 4. The largest absolute Gasteiger partial charge is 0.461 e. The van der Waals surface area contributed by atoms with Crippen molar-refractivity contribution < 1.29 is 39.4 Å². The van der Waals surface area contributed by atoms with Gasteiger partial charge in [0, 0.05) is 18.2 Å². The second-order valence-corrected chi connectivity index (χ2v) is 7.26. The maximum atomic E-state index is 11.7. The van der Waals surface area contributed by atoms with Crippen molar-refractivity contribution in [1.29, 1.82) is 0 Å². The number of hydrogen-bond acceptors (Lipinski definition) is 8. The lowest BCUT2D eigenvalue weighted by Crippen LogP contribution is -2.60. The van der Waals surface area contributed by atoms with Crippen LogP contribution >= 0.6 is 0 Å². The Bertz CT molecular complexity index is 712. The average Bonchev–Trinajstić information content (AvgIpc) is 2.67. The van der Waals surface area contributed by atoms with Gasteiger partial charge in [0.2, 0.25) is 6.29 Å². The topological polar surface area (TPSA) is 126 Å². The SMILES string of the molecule is COC(C)(C)C=Cc1cc(C(C)=O)ccc1OC1OC(CO)C(O)C(O)C1O. The standard InChI is InChI=1S/C20H28O8/c1-11(22)12-5-6-14(13(9-12)7-8-20(2,3)26-4)27-19-18(25)17(24)16(23)15(10-21)28-19/h5-9,15-19,21,23-25H,10H2,1-4H3. The van der Waals surface area contributed by atoms with Crippen LogP contribution in [0.15, 0.2) is 24.3 Å². The summed E-state index contributed by atoms with van der Waals surface area (Å²) in [5.41, 5.74) is 0.443. The van der Waals surface area contributed by atoms with Gasteiger partial charge in [0.1, 0.15) is 30.2 Å². The minimum absolute atomic E-state index is 0.125. The van der Waals surface area contributed by atoms with E-state index in [2.05, 4.69) is 0 Å². The number of rotatable bonds is 7. The van der Waals surface area contributed by atoms with Crippen molar-refractivity contribution in [2.45, 2.75) is 57.1 Å². The molecule has 0 saturated carbocycles. The van der Waals surface area contributed by atoms with Crippen molar-refractivity contribution in [1.82, 2.24) is 0 Å². The molecule has 8 nitrogen and oxygen atoms in total. The summed E-state index contributed by atoms with van der Waals surface area (Å²) in [6.07, 6.45) is -3.44. The number of carbonyl (C=O) groups excluding carboxylic acids is 1. The molecule has 0 aromatic heterocycles. The first-order valence-electron chi connectivity index (χ1n) is 8.96. The van der Waals surface area contributed by atoms with E-state index in [-0.39, 0.29) is 11.5 Å². The van der Waals surface area contributed by atoms with E-state index in [4.69, 9.17) is 14.2 Å². The predicted molar refractivity (Wildman–Crippen MR) is 101 cm³/mol. The lowest BCUT2D eigenvalue weighted by atomic mass is 9.99. The van der Waals surface area contributed by atoms with E-state index < -0.39 is 42.9 Å². The van der Waals surface area contributed by atoms with E-state index in [9.17, 15) is 25.2 Å². The Morgan fingerprint density at radius 1 is 1.21 bits per heavy atom. The first kappa shape index (κ1) is 22.5. The van der Waals surface area contributed by atoms with Crippen molar-refractivity contribution in [2.75, 3.05) is 13.7 Å². The van der Waals surface area contributed by atoms with Crippen LogP contribution in [-0.2, 0) is 9.47 Å². The van der Waals surface area contributed by atoms with Gasteiger partial charge in [-0.2, -0.15) is 0 Å². The fourth-order valence-corrected chi connectivity index (χ4v) is 2.65. The highest BCUT2D eigenvalue weighted by molar-refractivity contribution is 5.95. The zero-order chi connectivity index (χ0) is 21.1. The number of ether oxygens (including phenoxy) is 3. The van der Waals surface area contributed by atoms with Gasteiger partial charge >= 0.3 is 0 Å². The third-order valence-corrected chi connectivity index (χ3v) is 4.70. The molecule has 5 atom stereocenters. The summed E-state index contributed by atoms with van der Waals surface area (Å²) in [6, 6.07) is 4.75. The molecular weight excluding hydrogens is 368 g/mol. The van der Waals surface area contributed by atoms with Crippen LogP contribution in [0.4, 0.5) is 0 Å². The smallest absolute Gasteiger partial charge is 0.229 e. The van der Waals surface area contributed by atoms with Crippen LogP contribution in [0.25, 0.3) is 6.08 Å². The maximum absolute atomic E-state index is 11.7. The van der Waals surface area contributed by atoms with Crippen LogP contribution in [0, 0.1) is 0 Å². The number of Topliss-reactive ketones (excluding diaryl/α,β-unsaturated/α-hetero) is 1. The molecule has 0 amide bonds. The molecular formula is C20H28O8. The third kappa shape index (κ3) is 5.16. The molecule has 156 valence electrons. The number of aliphatic hydroxyl groups excluding tert-OH is 4. The second kappa shape index (κ2) is 9.13. The number of aliphatic hydroxyl groups is 4. The van der Waals surface area contributed by atoms with Gasteiger partial charge in [0.25, 0.3) is 0 Å². The molecule has 8 heteroatoms. The predicted octanol–water partition coefficient (Wildman–Crippen LogP) is 0.506. The zero-order valence-corrected chi connectivity index (χ0v) is 16.4. The van der Waals surface area contributed by atoms with Gasteiger partial charge in [-0.1, -0.05) is 12.2 Å². The summed E-state index contributed by atoms with van der Waals surface area (Å²) in [6.45, 7) is 4.61. The normalized spacial score (nSPS) is 28.5. The van der Waals surface area contributed by atoms with Crippen molar-refractivity contribution in [3.05, 3.63) is 35.4 Å². The van der Waals surface area contributed by atoms with E-state index in [0.717, 1.165) is 0 Å². The van der Waals surface area contributed by atoms with Crippen LogP contribution < -0.4 is 4.74 Å². The molecule has 0 bridgehead atoms. The fourth-order valence-electron chi connectivity index (χ4n) is 2.65. The summed E-state index contributed by atoms with van der Waals surface area (Å²) in [7, 11) is 1.57. The molecule has 1 aromatic carbocycles. The number of methoxy groups -OCH3 is 1. The molecule has 5 unspecified atom stereocenters. The molecule has 1 saturated heterocycles. The van der Waals surface area contributed by atoms with Gasteiger partial charge < -0.3 is 34.6 Å². The monoisotopic (exact) mass is 396 g/mol. The van der Waals surface area contributed by atoms with E-state index in [1.807, 2.05) is 13.8 Å². The van der Waals surface area contributed by atoms with Gasteiger partial charge in [0.05, 0.1) is 12.2 Å². The molecule has 4 N–H and O–H groups in total. The van der Waals surface area contributed by atoms with Gasteiger partial charge in [-0.05, 0) is 39.0 Å². The van der Waals surface area contributed by atoms with E-state index in [1.165, 1.54) is 6.92 Å². The summed E-state index contributed by atoms with van der Waals surface area (Å²) >= 11 is 0. The molecule has 1 fully saturated rings. The zero-order valence-electron chi connectivity index (χ0n) is 16.4. The first-order valence-corrected chi connectivity index (χ1v) is 8.96. The Kier molecular flexibility index (Phi) is 7.33. The number of benzene rings is 1. The van der Waals surface area contributed by atoms with Crippen LogP contribution in [0.1, 0.15) is 36.7 Å². The highest BCUT2D eigenvalue weighted by atomic mass is 16.7. The van der Waals surface area contributed by atoms with Gasteiger partial charge in [0.15, 0.2) is 5.78 Å². The van der Waals surface area contributed by atoms with Crippen molar-refractivity contribution in [3.8, 4) is 5.75 Å². The van der Waals surface area contributed by atoms with Gasteiger partial charge in [-0.3, -0.25) is 4.79 Å². The van der Waals surface area contributed by atoms with Crippen LogP contribution in [0.3, 0.4) is 0 Å².